The molecule has 1 atom stereocenters. The van der Waals surface area contributed by atoms with Crippen LogP contribution in [0.2, 0.25) is 0 Å². The normalized spacial score (nSPS) is 18.4. The number of ketones is 1. The van der Waals surface area contributed by atoms with Crippen LogP contribution in [-0.4, -0.2) is 23.1 Å². The molecule has 1 aromatic rings. The predicted octanol–water partition coefficient (Wildman–Crippen LogP) is 1.78. The molecule has 1 aliphatic heterocycles. The lowest BCUT2D eigenvalue weighted by atomic mass is 9.93. The molecule has 0 saturated carbocycles. The van der Waals surface area contributed by atoms with Gasteiger partial charge >= 0.3 is 0 Å². The Morgan fingerprint density at radius 3 is 2.75 bits per heavy atom. The van der Waals surface area contributed by atoms with Crippen LogP contribution in [0.3, 0.4) is 0 Å². The van der Waals surface area contributed by atoms with E-state index in [9.17, 15) is 9.90 Å². The van der Waals surface area contributed by atoms with Crippen molar-refractivity contribution in [1.82, 2.24) is 10.6 Å². The summed E-state index contributed by atoms with van der Waals surface area (Å²) in [6, 6.07) is 4.61. The molecule has 0 fully saturated rings. The summed E-state index contributed by atoms with van der Waals surface area (Å²) < 4.78 is 5.10. The Labute approximate surface area is 122 Å². The summed E-state index contributed by atoms with van der Waals surface area (Å²) in [6.07, 6.45) is 0. The highest BCUT2D eigenvalue weighted by molar-refractivity contribution is 7.80. The number of nitrogens with one attached hydrogen (secondary N) is 2. The van der Waals surface area contributed by atoms with Gasteiger partial charge in [-0.05, 0) is 43.8 Å². The second kappa shape index (κ2) is 5.50. The van der Waals surface area contributed by atoms with Crippen molar-refractivity contribution in [2.24, 2.45) is 0 Å². The smallest absolute Gasteiger partial charge is 0.171 e. The van der Waals surface area contributed by atoms with E-state index < -0.39 is 0 Å². The van der Waals surface area contributed by atoms with Gasteiger partial charge in [0.2, 0.25) is 0 Å². The monoisotopic (exact) mass is 292 g/mol. The lowest BCUT2D eigenvalue weighted by molar-refractivity contribution is -0.114. The lowest BCUT2D eigenvalue weighted by Gasteiger charge is -2.30. The minimum absolute atomic E-state index is 0.0398. The number of aromatic hydroxyl groups is 1. The Bertz CT molecular complexity index is 610. The summed E-state index contributed by atoms with van der Waals surface area (Å²) in [6.45, 7) is 3.33. The summed E-state index contributed by atoms with van der Waals surface area (Å²) in [5.74, 6) is 0.370. The minimum Gasteiger partial charge on any atom is -0.504 e. The van der Waals surface area contributed by atoms with Gasteiger partial charge in [0.25, 0.3) is 0 Å². The van der Waals surface area contributed by atoms with Crippen LogP contribution in [0.15, 0.2) is 29.5 Å². The number of benzene rings is 1. The highest BCUT2D eigenvalue weighted by Crippen LogP contribution is 2.33. The number of hydrogen-bond acceptors (Lipinski definition) is 4. The Morgan fingerprint density at radius 1 is 1.45 bits per heavy atom. The molecule has 1 unspecified atom stereocenters. The largest absolute Gasteiger partial charge is 0.504 e. The van der Waals surface area contributed by atoms with E-state index in [0.717, 1.165) is 11.3 Å². The Kier molecular flexibility index (Phi) is 3.94. The lowest BCUT2D eigenvalue weighted by Crippen LogP contribution is -2.44. The van der Waals surface area contributed by atoms with Crippen molar-refractivity contribution in [2.45, 2.75) is 19.9 Å². The minimum atomic E-state index is -0.351. The molecule has 0 aliphatic carbocycles. The summed E-state index contributed by atoms with van der Waals surface area (Å²) in [4.78, 5) is 11.9. The Balaban J connectivity index is 2.51. The van der Waals surface area contributed by atoms with Gasteiger partial charge in [-0.25, -0.2) is 0 Å². The van der Waals surface area contributed by atoms with Gasteiger partial charge in [-0.3, -0.25) is 4.79 Å². The highest BCUT2D eigenvalue weighted by Gasteiger charge is 2.28. The molecule has 6 heteroatoms. The van der Waals surface area contributed by atoms with Crippen LogP contribution in [0, 0.1) is 0 Å². The van der Waals surface area contributed by atoms with Gasteiger partial charge in [-0.2, -0.15) is 0 Å². The molecule has 0 radical (unpaired) electrons. The first kappa shape index (κ1) is 14.3. The molecule has 1 heterocycles. The van der Waals surface area contributed by atoms with E-state index in [4.69, 9.17) is 17.0 Å². The molecule has 5 nitrogen and oxygen atoms in total. The predicted molar refractivity (Wildman–Crippen MR) is 79.7 cm³/mol. The average Bonchev–Trinajstić information content (AvgIpc) is 2.37. The summed E-state index contributed by atoms with van der Waals surface area (Å²) >= 11 is 5.14. The van der Waals surface area contributed by atoms with E-state index in [1.807, 2.05) is 6.92 Å². The third-order valence-corrected chi connectivity index (χ3v) is 3.41. The molecule has 3 N–H and O–H groups in total. The third kappa shape index (κ3) is 2.60. The van der Waals surface area contributed by atoms with Gasteiger partial charge in [0.15, 0.2) is 22.4 Å². The van der Waals surface area contributed by atoms with Crippen LogP contribution in [0.4, 0.5) is 0 Å². The molecule has 2 rings (SSSR count). The summed E-state index contributed by atoms with van der Waals surface area (Å²) in [5.41, 5.74) is 2.15. The molecule has 20 heavy (non-hydrogen) atoms. The van der Waals surface area contributed by atoms with E-state index >= 15 is 0 Å². The number of thiocarbonyl (C=S) groups is 1. The van der Waals surface area contributed by atoms with E-state index in [2.05, 4.69) is 10.6 Å². The van der Waals surface area contributed by atoms with Gasteiger partial charge in [0, 0.05) is 11.3 Å². The van der Waals surface area contributed by atoms with Crippen LogP contribution in [-0.2, 0) is 4.79 Å². The van der Waals surface area contributed by atoms with Gasteiger partial charge < -0.3 is 20.5 Å². The molecule has 106 valence electrons. The number of ether oxygens (including phenoxy) is 1. The molecule has 0 amide bonds. The zero-order chi connectivity index (χ0) is 14.9. The number of methoxy groups -OCH3 is 1. The standard InChI is InChI=1S/C14H16N2O3S/c1-7-12(8(2)17)13(16-14(20)15-7)9-4-5-10(18)11(6-9)19-3/h4-6,13,18H,1-3H3,(H2,15,16,20). The molecule has 0 aromatic heterocycles. The highest BCUT2D eigenvalue weighted by atomic mass is 32.1. The van der Waals surface area contributed by atoms with Crippen LogP contribution in [0.1, 0.15) is 25.5 Å². The number of Topliss-reactive ketones (excluding diaryl/α,β-unsaturated/α-hetero) is 1. The average molecular weight is 292 g/mol. The molecular formula is C14H16N2O3S. The Morgan fingerprint density at radius 2 is 2.15 bits per heavy atom. The van der Waals surface area contributed by atoms with Gasteiger partial charge in [-0.15, -0.1) is 0 Å². The number of phenolic OH excluding ortho intramolecular Hbond substituents is 1. The van der Waals surface area contributed by atoms with Crippen molar-refractivity contribution in [3.8, 4) is 11.5 Å². The number of rotatable bonds is 3. The summed E-state index contributed by atoms with van der Waals surface area (Å²) in [5, 5.41) is 16.1. The maximum Gasteiger partial charge on any atom is 0.171 e. The maximum atomic E-state index is 11.9. The zero-order valence-corrected chi connectivity index (χ0v) is 12.3. The number of carbonyl (C=O) groups excluding carboxylic acids is 1. The quantitative estimate of drug-likeness (QED) is 0.738. The molecule has 0 spiro atoms. The fourth-order valence-electron chi connectivity index (χ4n) is 2.28. The number of carbonyl (C=O) groups is 1. The van der Waals surface area contributed by atoms with Crippen molar-refractivity contribution in [2.75, 3.05) is 7.11 Å². The fourth-order valence-corrected chi connectivity index (χ4v) is 2.56. The van der Waals surface area contributed by atoms with Crippen LogP contribution in [0.25, 0.3) is 0 Å². The van der Waals surface area contributed by atoms with Gasteiger partial charge in [0.05, 0.1) is 13.2 Å². The molecule has 1 aliphatic rings. The SMILES string of the molecule is COc1cc(C2NC(=S)NC(C)=C2C(C)=O)ccc1O. The zero-order valence-electron chi connectivity index (χ0n) is 11.5. The number of hydrogen-bond donors (Lipinski definition) is 3. The second-order valence-electron chi connectivity index (χ2n) is 4.56. The first-order chi connectivity index (χ1) is 9.43. The second-order valence-corrected chi connectivity index (χ2v) is 4.97. The Hall–Kier alpha value is -2.08. The fraction of sp³-hybridized carbons (Fsp3) is 0.286. The van der Waals surface area contributed by atoms with Crippen LogP contribution >= 0.6 is 12.2 Å². The van der Waals surface area contributed by atoms with Crippen molar-refractivity contribution in [3.63, 3.8) is 0 Å². The van der Waals surface area contributed by atoms with E-state index in [1.54, 1.807) is 12.1 Å². The number of allylic oxidation sites excluding steroid dienone is 1. The molecular weight excluding hydrogens is 276 g/mol. The van der Waals surface area contributed by atoms with Crippen molar-refractivity contribution in [3.05, 3.63) is 35.0 Å². The van der Waals surface area contributed by atoms with Crippen molar-refractivity contribution in [1.29, 1.82) is 0 Å². The molecule has 1 aromatic carbocycles. The van der Waals surface area contributed by atoms with E-state index in [0.29, 0.717) is 16.4 Å². The first-order valence-electron chi connectivity index (χ1n) is 6.10. The topological polar surface area (TPSA) is 70.6 Å². The number of phenols is 1. The maximum absolute atomic E-state index is 11.9. The van der Waals surface area contributed by atoms with Crippen LogP contribution in [0.5, 0.6) is 11.5 Å². The van der Waals surface area contributed by atoms with Crippen molar-refractivity contribution >= 4 is 23.1 Å². The van der Waals surface area contributed by atoms with Gasteiger partial charge in [-0.1, -0.05) is 6.07 Å². The third-order valence-electron chi connectivity index (χ3n) is 3.19. The molecule has 0 bridgehead atoms. The van der Waals surface area contributed by atoms with E-state index in [-0.39, 0.29) is 17.6 Å². The summed E-state index contributed by atoms with van der Waals surface area (Å²) in [7, 11) is 1.48. The van der Waals surface area contributed by atoms with Gasteiger partial charge in [0.1, 0.15) is 0 Å². The van der Waals surface area contributed by atoms with Crippen LogP contribution < -0.4 is 15.4 Å². The first-order valence-corrected chi connectivity index (χ1v) is 6.51. The van der Waals surface area contributed by atoms with Crippen molar-refractivity contribution < 1.29 is 14.6 Å². The molecule has 0 saturated heterocycles. The van der Waals surface area contributed by atoms with E-state index in [1.165, 1.54) is 20.1 Å².